The fraction of sp³-hybridized carbons (Fsp3) is 0.304. The highest BCUT2D eigenvalue weighted by Crippen LogP contribution is 2.17. The van der Waals surface area contributed by atoms with Gasteiger partial charge in [0, 0.05) is 30.9 Å². The van der Waals surface area contributed by atoms with Gasteiger partial charge in [0.1, 0.15) is 11.9 Å². The van der Waals surface area contributed by atoms with Crippen molar-refractivity contribution in [1.82, 2.24) is 14.9 Å². The minimum atomic E-state index is -3.97. The molecule has 0 radical (unpaired) electrons. The topological polar surface area (TPSA) is 186 Å². The van der Waals surface area contributed by atoms with Crippen LogP contribution in [0.5, 0.6) is 0 Å². The van der Waals surface area contributed by atoms with Crippen LogP contribution in [0.1, 0.15) is 11.1 Å². The quantitative estimate of drug-likeness (QED) is 0.192. The zero-order chi connectivity index (χ0) is 26.3. The maximum atomic E-state index is 12.6. The van der Waals surface area contributed by atoms with Gasteiger partial charge in [0.25, 0.3) is 0 Å². The van der Waals surface area contributed by atoms with Crippen LogP contribution in [0, 0.1) is 5.41 Å². The lowest BCUT2D eigenvalue weighted by molar-refractivity contribution is -0.139. The highest BCUT2D eigenvalue weighted by molar-refractivity contribution is 7.88. The van der Waals surface area contributed by atoms with Crippen molar-refractivity contribution in [2.75, 3.05) is 37.6 Å². The van der Waals surface area contributed by atoms with Gasteiger partial charge in [-0.3, -0.25) is 19.8 Å². The van der Waals surface area contributed by atoms with Crippen LogP contribution in [0.4, 0.5) is 5.69 Å². The van der Waals surface area contributed by atoms with Crippen LogP contribution >= 0.6 is 0 Å². The van der Waals surface area contributed by atoms with E-state index in [0.717, 1.165) is 5.69 Å². The van der Waals surface area contributed by atoms with E-state index < -0.39 is 40.2 Å². The molecule has 6 N–H and O–H groups in total. The molecule has 1 aliphatic heterocycles. The van der Waals surface area contributed by atoms with Crippen LogP contribution in [0.2, 0.25) is 0 Å². The minimum absolute atomic E-state index is 0.0454. The molecule has 2 aromatic carbocycles. The van der Waals surface area contributed by atoms with Crippen LogP contribution < -0.4 is 20.7 Å². The molecule has 192 valence electrons. The van der Waals surface area contributed by atoms with Crippen LogP contribution in [-0.2, 0) is 30.2 Å². The fourth-order valence-corrected chi connectivity index (χ4v) is 4.96. The lowest BCUT2D eigenvalue weighted by atomic mass is 10.1. The smallest absolute Gasteiger partial charge is 0.323 e. The van der Waals surface area contributed by atoms with Gasteiger partial charge >= 0.3 is 5.97 Å². The summed E-state index contributed by atoms with van der Waals surface area (Å²) in [6, 6.07) is 13.6. The molecular formula is C23H28N6O6S. The lowest BCUT2D eigenvalue weighted by Crippen LogP contribution is -2.54. The Morgan fingerprint density at radius 1 is 1.08 bits per heavy atom. The first kappa shape index (κ1) is 26.6. The van der Waals surface area contributed by atoms with Gasteiger partial charge in [0.05, 0.1) is 18.8 Å². The number of sulfonamides is 1. The van der Waals surface area contributed by atoms with Gasteiger partial charge in [-0.1, -0.05) is 30.3 Å². The second kappa shape index (κ2) is 11.6. The van der Waals surface area contributed by atoms with E-state index >= 15 is 0 Å². The third kappa shape index (κ3) is 7.52. The van der Waals surface area contributed by atoms with Gasteiger partial charge in [-0.25, -0.2) is 8.42 Å². The van der Waals surface area contributed by atoms with E-state index in [1.807, 2.05) is 4.90 Å². The molecule has 0 saturated carbocycles. The molecule has 1 atom stereocenters. The van der Waals surface area contributed by atoms with E-state index in [4.69, 9.17) is 11.1 Å². The van der Waals surface area contributed by atoms with Crippen molar-refractivity contribution >= 4 is 39.3 Å². The fourth-order valence-electron chi connectivity index (χ4n) is 3.62. The molecule has 2 aromatic rings. The van der Waals surface area contributed by atoms with E-state index in [-0.39, 0.29) is 31.4 Å². The molecule has 1 saturated heterocycles. The van der Waals surface area contributed by atoms with Crippen molar-refractivity contribution in [2.45, 2.75) is 11.8 Å². The Morgan fingerprint density at radius 2 is 1.75 bits per heavy atom. The van der Waals surface area contributed by atoms with Gasteiger partial charge in [0.15, 0.2) is 0 Å². The molecular weight excluding hydrogens is 488 g/mol. The van der Waals surface area contributed by atoms with E-state index in [9.17, 15) is 27.9 Å². The Hall–Kier alpha value is -3.97. The Morgan fingerprint density at radius 3 is 2.33 bits per heavy atom. The predicted molar refractivity (Wildman–Crippen MR) is 133 cm³/mol. The summed E-state index contributed by atoms with van der Waals surface area (Å²) in [5.41, 5.74) is 7.30. The van der Waals surface area contributed by atoms with Crippen LogP contribution in [0.3, 0.4) is 0 Å². The first-order valence-electron chi connectivity index (χ1n) is 11.0. The molecule has 0 aliphatic carbocycles. The number of carboxylic acids is 1. The van der Waals surface area contributed by atoms with Crippen molar-refractivity contribution in [2.24, 2.45) is 5.73 Å². The number of nitrogens with one attached hydrogen (secondary N) is 3. The number of hydrogen-bond donors (Lipinski definition) is 5. The summed E-state index contributed by atoms with van der Waals surface area (Å²) in [6.07, 6.45) is 0. The molecule has 12 nitrogen and oxygen atoms in total. The molecule has 1 aliphatic rings. The number of anilines is 1. The SMILES string of the molecule is N=C(N)c1ccc(N2CCN(CC(=O)NC[C@H](NS(=O)(=O)Cc3ccccc3)C(=O)O)C(=O)C2)cc1. The van der Waals surface area contributed by atoms with Crippen molar-refractivity contribution in [3.63, 3.8) is 0 Å². The first-order chi connectivity index (χ1) is 17.0. The number of carbonyl (C=O) groups is 3. The summed E-state index contributed by atoms with van der Waals surface area (Å²) >= 11 is 0. The number of benzene rings is 2. The van der Waals surface area contributed by atoms with Crippen LogP contribution in [-0.4, -0.2) is 80.8 Å². The third-order valence-corrected chi connectivity index (χ3v) is 6.88. The van der Waals surface area contributed by atoms with Crippen molar-refractivity contribution in [3.8, 4) is 0 Å². The van der Waals surface area contributed by atoms with Gasteiger partial charge in [0.2, 0.25) is 21.8 Å². The second-order valence-electron chi connectivity index (χ2n) is 8.25. The summed E-state index contributed by atoms with van der Waals surface area (Å²) in [4.78, 5) is 39.7. The molecule has 13 heteroatoms. The zero-order valence-electron chi connectivity index (χ0n) is 19.4. The van der Waals surface area contributed by atoms with Crippen molar-refractivity contribution in [1.29, 1.82) is 5.41 Å². The van der Waals surface area contributed by atoms with E-state index in [1.54, 1.807) is 54.6 Å². The summed E-state index contributed by atoms with van der Waals surface area (Å²) in [6.45, 7) is 0.0316. The Balaban J connectivity index is 1.49. The highest BCUT2D eigenvalue weighted by Gasteiger charge is 2.28. The maximum absolute atomic E-state index is 12.6. The van der Waals surface area contributed by atoms with Crippen molar-refractivity contribution < 1.29 is 27.9 Å². The Kier molecular flexibility index (Phi) is 8.61. The summed E-state index contributed by atoms with van der Waals surface area (Å²) in [7, 11) is -3.97. The number of aliphatic carboxylic acids is 1. The number of amidine groups is 1. The van der Waals surface area contributed by atoms with E-state index in [2.05, 4.69) is 10.0 Å². The minimum Gasteiger partial charge on any atom is -0.480 e. The Bertz CT molecular complexity index is 1220. The van der Waals surface area contributed by atoms with Crippen molar-refractivity contribution in [3.05, 3.63) is 65.7 Å². The molecule has 0 aromatic heterocycles. The predicted octanol–water partition coefficient (Wildman–Crippen LogP) is -0.692. The van der Waals surface area contributed by atoms with Gasteiger partial charge in [-0.2, -0.15) is 4.72 Å². The van der Waals surface area contributed by atoms with Gasteiger partial charge < -0.3 is 26.0 Å². The average Bonchev–Trinajstić information content (AvgIpc) is 2.83. The number of nitrogen functional groups attached to an aromatic ring is 1. The highest BCUT2D eigenvalue weighted by atomic mass is 32.2. The molecule has 0 bridgehead atoms. The van der Waals surface area contributed by atoms with Gasteiger partial charge in [-0.15, -0.1) is 0 Å². The van der Waals surface area contributed by atoms with E-state index in [1.165, 1.54) is 4.90 Å². The molecule has 2 amide bonds. The van der Waals surface area contributed by atoms with Crippen LogP contribution in [0.25, 0.3) is 0 Å². The molecule has 0 unspecified atom stereocenters. The normalized spacial score (nSPS) is 14.8. The lowest BCUT2D eigenvalue weighted by Gasteiger charge is -2.35. The largest absolute Gasteiger partial charge is 0.480 e. The van der Waals surface area contributed by atoms with E-state index in [0.29, 0.717) is 17.7 Å². The molecule has 36 heavy (non-hydrogen) atoms. The summed E-state index contributed by atoms with van der Waals surface area (Å²) in [5, 5.41) is 19.2. The number of nitrogens with zero attached hydrogens (tertiary/aromatic N) is 2. The number of carboxylic acid groups (broad SMARTS) is 1. The molecule has 1 heterocycles. The molecule has 0 spiro atoms. The second-order valence-corrected chi connectivity index (χ2v) is 10.0. The number of nitrogens with two attached hydrogens (primary N) is 1. The first-order valence-corrected chi connectivity index (χ1v) is 12.7. The number of rotatable bonds is 11. The third-order valence-electron chi connectivity index (χ3n) is 5.52. The average molecular weight is 517 g/mol. The number of piperazine rings is 1. The maximum Gasteiger partial charge on any atom is 0.323 e. The monoisotopic (exact) mass is 516 g/mol. The standard InChI is InChI=1S/C23H28N6O6S/c24-22(25)17-6-8-18(9-7-17)28-10-11-29(21(31)14-28)13-20(30)26-12-19(23(32)33)27-36(34,35)15-16-4-2-1-3-5-16/h1-9,19,27H,10-15H2,(H3,24,25)(H,26,30)(H,32,33)/t19-/m0/s1. The summed E-state index contributed by atoms with van der Waals surface area (Å²) < 4.78 is 26.8. The van der Waals surface area contributed by atoms with Gasteiger partial charge in [-0.05, 0) is 29.8 Å². The number of carbonyl (C=O) groups excluding carboxylic acids is 2. The summed E-state index contributed by atoms with van der Waals surface area (Å²) in [5.74, 6) is -2.78. The van der Waals surface area contributed by atoms with Crippen LogP contribution in [0.15, 0.2) is 54.6 Å². The number of hydrogen-bond acceptors (Lipinski definition) is 7. The Labute approximate surface area is 208 Å². The number of amides is 2. The molecule has 1 fully saturated rings. The zero-order valence-corrected chi connectivity index (χ0v) is 20.2. The molecule has 3 rings (SSSR count).